The van der Waals surface area contributed by atoms with E-state index in [0.29, 0.717) is 4.90 Å². The lowest BCUT2D eigenvalue weighted by atomic mass is 10.4. The normalized spacial score (nSPS) is 12.0. The Balaban J connectivity index is 3.17. The zero-order valence-electron chi connectivity index (χ0n) is 7.56. The van der Waals surface area contributed by atoms with E-state index in [1.807, 2.05) is 0 Å². The molecule has 0 unspecified atom stereocenters. The molecular formula is C9H12O2S2. The quantitative estimate of drug-likeness (QED) is 0.769. The molecular weight excluding hydrogens is 204 g/mol. The SMILES string of the molecule is CC(C)S(=O)(=O)c1ccc(S)cc1. The Labute approximate surface area is 84.3 Å². The zero-order valence-corrected chi connectivity index (χ0v) is 9.27. The molecule has 2 nitrogen and oxygen atoms in total. The van der Waals surface area contributed by atoms with Crippen LogP contribution in [-0.2, 0) is 9.84 Å². The molecule has 0 radical (unpaired) electrons. The van der Waals surface area contributed by atoms with Crippen molar-refractivity contribution >= 4 is 22.5 Å². The van der Waals surface area contributed by atoms with Gasteiger partial charge in [-0.05, 0) is 38.1 Å². The van der Waals surface area contributed by atoms with Gasteiger partial charge in [0.05, 0.1) is 10.1 Å². The molecule has 4 heteroatoms. The smallest absolute Gasteiger partial charge is 0.180 e. The summed E-state index contributed by atoms with van der Waals surface area (Å²) in [7, 11) is -3.13. The summed E-state index contributed by atoms with van der Waals surface area (Å²) >= 11 is 4.08. The van der Waals surface area contributed by atoms with Gasteiger partial charge in [-0.25, -0.2) is 8.42 Å². The van der Waals surface area contributed by atoms with Gasteiger partial charge in [-0.3, -0.25) is 0 Å². The summed E-state index contributed by atoms with van der Waals surface area (Å²) in [5.74, 6) is 0. The molecule has 13 heavy (non-hydrogen) atoms. The summed E-state index contributed by atoms with van der Waals surface area (Å²) in [5.41, 5.74) is 0. The van der Waals surface area contributed by atoms with Crippen LogP contribution in [0.15, 0.2) is 34.1 Å². The average molecular weight is 216 g/mol. The van der Waals surface area contributed by atoms with Crippen LogP contribution in [0.3, 0.4) is 0 Å². The number of hydrogen-bond donors (Lipinski definition) is 1. The molecule has 0 aromatic heterocycles. The van der Waals surface area contributed by atoms with Crippen molar-refractivity contribution in [2.75, 3.05) is 0 Å². The van der Waals surface area contributed by atoms with E-state index in [9.17, 15) is 8.42 Å². The van der Waals surface area contributed by atoms with E-state index in [1.54, 1.807) is 38.1 Å². The molecule has 1 rings (SSSR count). The molecule has 0 atom stereocenters. The number of thiol groups is 1. The Hall–Kier alpha value is -0.480. The van der Waals surface area contributed by atoms with Gasteiger partial charge < -0.3 is 0 Å². The van der Waals surface area contributed by atoms with Crippen molar-refractivity contribution < 1.29 is 8.42 Å². The molecule has 0 N–H and O–H groups in total. The lowest BCUT2D eigenvalue weighted by molar-refractivity contribution is 0.587. The van der Waals surface area contributed by atoms with Gasteiger partial charge in [0.2, 0.25) is 0 Å². The summed E-state index contributed by atoms with van der Waals surface area (Å²) in [5, 5.41) is -0.377. The van der Waals surface area contributed by atoms with Gasteiger partial charge in [-0.2, -0.15) is 0 Å². The second kappa shape index (κ2) is 3.72. The van der Waals surface area contributed by atoms with Crippen LogP contribution < -0.4 is 0 Å². The highest BCUT2D eigenvalue weighted by molar-refractivity contribution is 7.92. The van der Waals surface area contributed by atoms with Crippen molar-refractivity contribution in [1.82, 2.24) is 0 Å². The number of benzene rings is 1. The first-order valence-electron chi connectivity index (χ1n) is 3.97. The van der Waals surface area contributed by atoms with E-state index in [0.717, 1.165) is 4.90 Å². The van der Waals surface area contributed by atoms with Crippen LogP contribution >= 0.6 is 12.6 Å². The van der Waals surface area contributed by atoms with Gasteiger partial charge in [-0.1, -0.05) is 0 Å². The van der Waals surface area contributed by atoms with Crippen LogP contribution in [0.5, 0.6) is 0 Å². The number of hydrogen-bond acceptors (Lipinski definition) is 3. The molecule has 0 saturated carbocycles. The van der Waals surface area contributed by atoms with Crippen molar-refractivity contribution in [2.45, 2.75) is 28.9 Å². The fraction of sp³-hybridized carbons (Fsp3) is 0.333. The van der Waals surface area contributed by atoms with E-state index >= 15 is 0 Å². The fourth-order valence-electron chi connectivity index (χ4n) is 0.908. The second-order valence-electron chi connectivity index (χ2n) is 3.09. The Kier molecular flexibility index (Phi) is 3.03. The van der Waals surface area contributed by atoms with Crippen LogP contribution in [0.2, 0.25) is 0 Å². The van der Waals surface area contributed by atoms with Gasteiger partial charge in [0.1, 0.15) is 0 Å². The maximum Gasteiger partial charge on any atom is 0.180 e. The van der Waals surface area contributed by atoms with Crippen molar-refractivity contribution in [2.24, 2.45) is 0 Å². The molecule has 1 aromatic carbocycles. The van der Waals surface area contributed by atoms with Crippen molar-refractivity contribution in [3.8, 4) is 0 Å². The monoisotopic (exact) mass is 216 g/mol. The molecule has 0 heterocycles. The minimum Gasteiger partial charge on any atom is -0.223 e. The summed E-state index contributed by atoms with van der Waals surface area (Å²) < 4.78 is 23.2. The zero-order chi connectivity index (χ0) is 10.1. The first-order valence-corrected chi connectivity index (χ1v) is 5.97. The molecule has 1 aromatic rings. The van der Waals surface area contributed by atoms with E-state index in [-0.39, 0.29) is 5.25 Å². The van der Waals surface area contributed by atoms with Crippen LogP contribution in [0.1, 0.15) is 13.8 Å². The lowest BCUT2D eigenvalue weighted by Crippen LogP contribution is -2.13. The summed E-state index contributed by atoms with van der Waals surface area (Å²) in [6.45, 7) is 3.34. The Morgan fingerprint density at radius 3 is 2.00 bits per heavy atom. The highest BCUT2D eigenvalue weighted by atomic mass is 32.2. The van der Waals surface area contributed by atoms with Gasteiger partial charge in [0, 0.05) is 4.90 Å². The predicted molar refractivity (Wildman–Crippen MR) is 56.0 cm³/mol. The van der Waals surface area contributed by atoms with Gasteiger partial charge >= 0.3 is 0 Å². The maximum absolute atomic E-state index is 11.6. The standard InChI is InChI=1S/C9H12O2S2/c1-7(2)13(10,11)9-5-3-8(12)4-6-9/h3-7,12H,1-2H3. The number of rotatable bonds is 2. The predicted octanol–water partition coefficient (Wildman–Crippen LogP) is 2.16. The van der Waals surface area contributed by atoms with E-state index in [4.69, 9.17) is 0 Å². The molecule has 0 aliphatic rings. The fourth-order valence-corrected chi connectivity index (χ4v) is 2.12. The largest absolute Gasteiger partial charge is 0.223 e. The van der Waals surface area contributed by atoms with Crippen LogP contribution in [0.25, 0.3) is 0 Å². The third kappa shape index (κ3) is 2.25. The third-order valence-corrected chi connectivity index (χ3v) is 4.25. The topological polar surface area (TPSA) is 34.1 Å². The van der Waals surface area contributed by atoms with Gasteiger partial charge in [0.15, 0.2) is 9.84 Å². The minimum atomic E-state index is -3.13. The second-order valence-corrected chi connectivity index (χ2v) is 6.11. The van der Waals surface area contributed by atoms with E-state index in [1.165, 1.54) is 0 Å². The van der Waals surface area contributed by atoms with Gasteiger partial charge in [-0.15, -0.1) is 12.6 Å². The van der Waals surface area contributed by atoms with Crippen molar-refractivity contribution in [1.29, 1.82) is 0 Å². The average Bonchev–Trinajstić information content (AvgIpc) is 2.04. The summed E-state index contributed by atoms with van der Waals surface area (Å²) in [6, 6.07) is 6.52. The molecule has 0 saturated heterocycles. The van der Waals surface area contributed by atoms with Gasteiger partial charge in [0.25, 0.3) is 0 Å². The summed E-state index contributed by atoms with van der Waals surface area (Å²) in [6.07, 6.45) is 0. The molecule has 0 aliphatic heterocycles. The molecule has 0 spiro atoms. The molecule has 0 amide bonds. The van der Waals surface area contributed by atoms with E-state index in [2.05, 4.69) is 12.6 Å². The molecule has 72 valence electrons. The maximum atomic E-state index is 11.6. The Morgan fingerprint density at radius 2 is 1.62 bits per heavy atom. The highest BCUT2D eigenvalue weighted by Crippen LogP contribution is 2.17. The summed E-state index contributed by atoms with van der Waals surface area (Å²) in [4.78, 5) is 1.13. The van der Waals surface area contributed by atoms with Crippen LogP contribution in [0, 0.1) is 0 Å². The number of sulfone groups is 1. The Bertz CT molecular complexity index is 377. The minimum absolute atomic E-state index is 0.361. The van der Waals surface area contributed by atoms with E-state index < -0.39 is 9.84 Å². The first kappa shape index (κ1) is 10.6. The third-order valence-electron chi connectivity index (χ3n) is 1.79. The Morgan fingerprint density at radius 1 is 1.15 bits per heavy atom. The van der Waals surface area contributed by atoms with Crippen LogP contribution in [0.4, 0.5) is 0 Å². The molecule has 0 aliphatic carbocycles. The van der Waals surface area contributed by atoms with Crippen LogP contribution in [-0.4, -0.2) is 13.7 Å². The molecule has 0 bridgehead atoms. The first-order chi connectivity index (χ1) is 5.94. The molecule has 0 fully saturated rings. The van der Waals surface area contributed by atoms with Crippen molar-refractivity contribution in [3.05, 3.63) is 24.3 Å². The van der Waals surface area contributed by atoms with Crippen molar-refractivity contribution in [3.63, 3.8) is 0 Å². The highest BCUT2D eigenvalue weighted by Gasteiger charge is 2.18. The lowest BCUT2D eigenvalue weighted by Gasteiger charge is -2.07.